The molecule has 1 fully saturated rings. The summed E-state index contributed by atoms with van der Waals surface area (Å²) in [5.74, 6) is 0.272. The molecular formula is C15H21ClFN. The van der Waals surface area contributed by atoms with Crippen LogP contribution >= 0.6 is 11.6 Å². The van der Waals surface area contributed by atoms with Crippen LogP contribution in [0.15, 0.2) is 18.2 Å². The summed E-state index contributed by atoms with van der Waals surface area (Å²) in [5.41, 5.74) is 7.00. The molecule has 0 saturated heterocycles. The van der Waals surface area contributed by atoms with Crippen LogP contribution < -0.4 is 5.73 Å². The molecule has 2 rings (SSSR count). The van der Waals surface area contributed by atoms with Crippen molar-refractivity contribution in [3.63, 3.8) is 0 Å². The molecule has 1 aliphatic carbocycles. The van der Waals surface area contributed by atoms with Crippen LogP contribution in [0.1, 0.15) is 44.6 Å². The number of hydrogen-bond acceptors (Lipinski definition) is 1. The van der Waals surface area contributed by atoms with Gasteiger partial charge in [-0.2, -0.15) is 0 Å². The van der Waals surface area contributed by atoms with Crippen molar-refractivity contribution in [1.82, 2.24) is 0 Å². The molecule has 0 aromatic heterocycles. The summed E-state index contributed by atoms with van der Waals surface area (Å²) in [6.45, 7) is 2.18. The molecule has 3 heteroatoms. The molecule has 0 amide bonds. The first kappa shape index (κ1) is 13.8. The van der Waals surface area contributed by atoms with Crippen molar-refractivity contribution in [2.75, 3.05) is 0 Å². The maximum atomic E-state index is 13.9. The Kier molecular flexibility index (Phi) is 4.29. The van der Waals surface area contributed by atoms with Gasteiger partial charge in [-0.1, -0.05) is 43.9 Å². The van der Waals surface area contributed by atoms with E-state index in [2.05, 4.69) is 6.92 Å². The predicted molar refractivity (Wildman–Crippen MR) is 74.3 cm³/mol. The number of rotatable bonds is 3. The molecule has 2 N–H and O–H groups in total. The van der Waals surface area contributed by atoms with Crippen LogP contribution in [0.3, 0.4) is 0 Å². The first-order chi connectivity index (χ1) is 8.55. The smallest absolute Gasteiger partial charge is 0.127 e. The molecular weight excluding hydrogens is 249 g/mol. The molecule has 0 spiro atoms. The molecule has 0 radical (unpaired) electrons. The first-order valence-corrected chi connectivity index (χ1v) is 7.16. The molecule has 0 heterocycles. The largest absolute Gasteiger partial charge is 0.325 e. The zero-order valence-corrected chi connectivity index (χ0v) is 11.6. The quantitative estimate of drug-likeness (QED) is 0.869. The minimum atomic E-state index is -0.248. The molecule has 1 saturated carbocycles. The van der Waals surface area contributed by atoms with Crippen LogP contribution in [-0.2, 0) is 6.42 Å². The highest BCUT2D eigenvalue weighted by atomic mass is 35.5. The third-order valence-electron chi connectivity index (χ3n) is 4.29. The summed E-state index contributed by atoms with van der Waals surface area (Å²) >= 11 is 5.78. The maximum absolute atomic E-state index is 13.9. The minimum absolute atomic E-state index is 0.229. The third-order valence-corrected chi connectivity index (χ3v) is 4.52. The number of halogens is 2. The molecule has 100 valence electrons. The van der Waals surface area contributed by atoms with Crippen molar-refractivity contribution in [3.05, 3.63) is 34.6 Å². The highest BCUT2D eigenvalue weighted by Crippen LogP contribution is 2.37. The lowest BCUT2D eigenvalue weighted by atomic mass is 9.69. The zero-order valence-electron chi connectivity index (χ0n) is 10.9. The zero-order chi connectivity index (χ0) is 13.2. The van der Waals surface area contributed by atoms with Gasteiger partial charge < -0.3 is 5.73 Å². The van der Waals surface area contributed by atoms with Gasteiger partial charge in [0.1, 0.15) is 5.82 Å². The van der Waals surface area contributed by atoms with E-state index in [1.54, 1.807) is 12.1 Å². The summed E-state index contributed by atoms with van der Waals surface area (Å²) in [7, 11) is 0. The Morgan fingerprint density at radius 2 is 2.22 bits per heavy atom. The molecule has 2 unspecified atom stereocenters. The van der Waals surface area contributed by atoms with Gasteiger partial charge in [0.05, 0.1) is 0 Å². The summed E-state index contributed by atoms with van der Waals surface area (Å²) in [5, 5.41) is 0.443. The molecule has 0 aliphatic heterocycles. The highest BCUT2D eigenvalue weighted by Gasteiger charge is 2.36. The Hall–Kier alpha value is -0.600. The first-order valence-electron chi connectivity index (χ1n) is 6.78. The lowest BCUT2D eigenvalue weighted by Crippen LogP contribution is -2.51. The van der Waals surface area contributed by atoms with Gasteiger partial charge in [0, 0.05) is 10.6 Å². The molecule has 18 heavy (non-hydrogen) atoms. The molecule has 1 aliphatic rings. The van der Waals surface area contributed by atoms with E-state index in [9.17, 15) is 4.39 Å². The lowest BCUT2D eigenvalue weighted by molar-refractivity contribution is 0.181. The second-order valence-corrected chi connectivity index (χ2v) is 5.93. The topological polar surface area (TPSA) is 26.0 Å². The van der Waals surface area contributed by atoms with Crippen LogP contribution in [0.25, 0.3) is 0 Å². The number of hydrogen-bond donors (Lipinski definition) is 1. The molecule has 2 atom stereocenters. The molecule has 1 nitrogen and oxygen atoms in total. The van der Waals surface area contributed by atoms with E-state index in [4.69, 9.17) is 17.3 Å². The van der Waals surface area contributed by atoms with Crippen molar-refractivity contribution in [2.45, 2.75) is 51.0 Å². The van der Waals surface area contributed by atoms with E-state index >= 15 is 0 Å². The van der Waals surface area contributed by atoms with Gasteiger partial charge in [-0.3, -0.25) is 0 Å². The lowest BCUT2D eigenvalue weighted by Gasteiger charge is -2.41. The van der Waals surface area contributed by atoms with E-state index in [0.29, 0.717) is 22.9 Å². The van der Waals surface area contributed by atoms with E-state index in [1.165, 1.54) is 18.9 Å². The Labute approximate surface area is 114 Å². The summed E-state index contributed by atoms with van der Waals surface area (Å²) < 4.78 is 13.9. The normalized spacial score (nSPS) is 28.3. The van der Waals surface area contributed by atoms with Gasteiger partial charge in [0.2, 0.25) is 0 Å². The molecule has 1 aromatic rings. The monoisotopic (exact) mass is 269 g/mol. The SMILES string of the molecule is CCC1CCCCC1(N)Cc1ccc(Cl)cc1F. The van der Waals surface area contributed by atoms with Crippen molar-refractivity contribution in [3.8, 4) is 0 Å². The van der Waals surface area contributed by atoms with Crippen LogP contribution in [0.5, 0.6) is 0 Å². The number of nitrogens with two attached hydrogens (primary N) is 1. The van der Waals surface area contributed by atoms with Crippen molar-refractivity contribution < 1.29 is 4.39 Å². The van der Waals surface area contributed by atoms with Crippen molar-refractivity contribution >= 4 is 11.6 Å². The van der Waals surface area contributed by atoms with Gasteiger partial charge in [-0.15, -0.1) is 0 Å². The van der Waals surface area contributed by atoms with Crippen molar-refractivity contribution in [1.29, 1.82) is 0 Å². The van der Waals surface area contributed by atoms with E-state index in [0.717, 1.165) is 19.3 Å². The highest BCUT2D eigenvalue weighted by molar-refractivity contribution is 6.30. The third kappa shape index (κ3) is 2.86. The average Bonchev–Trinajstić information content (AvgIpc) is 2.33. The average molecular weight is 270 g/mol. The van der Waals surface area contributed by atoms with Gasteiger partial charge in [-0.25, -0.2) is 4.39 Å². The molecule has 0 bridgehead atoms. The van der Waals surface area contributed by atoms with Gasteiger partial charge in [0.25, 0.3) is 0 Å². The second kappa shape index (κ2) is 5.58. The van der Waals surface area contributed by atoms with Crippen LogP contribution in [0.4, 0.5) is 4.39 Å². The standard InChI is InChI=1S/C15H21ClFN/c1-2-12-5-3-4-8-15(12,18)10-11-6-7-13(16)9-14(11)17/h6-7,9,12H,2-5,8,10,18H2,1H3. The van der Waals surface area contributed by atoms with Gasteiger partial charge in [-0.05, 0) is 42.9 Å². The van der Waals surface area contributed by atoms with Crippen molar-refractivity contribution in [2.24, 2.45) is 11.7 Å². The van der Waals surface area contributed by atoms with E-state index in [-0.39, 0.29) is 11.4 Å². The fourth-order valence-electron chi connectivity index (χ4n) is 3.20. The Morgan fingerprint density at radius 3 is 2.89 bits per heavy atom. The fourth-order valence-corrected chi connectivity index (χ4v) is 3.36. The van der Waals surface area contributed by atoms with Crippen LogP contribution in [-0.4, -0.2) is 5.54 Å². The van der Waals surface area contributed by atoms with E-state index < -0.39 is 0 Å². The number of benzene rings is 1. The van der Waals surface area contributed by atoms with Crippen LogP contribution in [0.2, 0.25) is 5.02 Å². The fraction of sp³-hybridized carbons (Fsp3) is 0.600. The van der Waals surface area contributed by atoms with Gasteiger partial charge >= 0.3 is 0 Å². The molecule has 1 aromatic carbocycles. The Bertz CT molecular complexity index is 421. The minimum Gasteiger partial charge on any atom is -0.325 e. The van der Waals surface area contributed by atoms with Gasteiger partial charge in [0.15, 0.2) is 0 Å². The second-order valence-electron chi connectivity index (χ2n) is 5.50. The summed E-state index contributed by atoms with van der Waals surface area (Å²) in [4.78, 5) is 0. The predicted octanol–water partition coefficient (Wildman–Crippen LogP) is 4.32. The summed E-state index contributed by atoms with van der Waals surface area (Å²) in [6.07, 6.45) is 6.26. The van der Waals surface area contributed by atoms with Crippen LogP contribution in [0, 0.1) is 11.7 Å². The maximum Gasteiger partial charge on any atom is 0.127 e. The summed E-state index contributed by atoms with van der Waals surface area (Å²) in [6, 6.07) is 4.89. The Balaban J connectivity index is 2.20. The Morgan fingerprint density at radius 1 is 1.44 bits per heavy atom. The van der Waals surface area contributed by atoms with E-state index in [1.807, 2.05) is 0 Å².